The second-order valence-corrected chi connectivity index (χ2v) is 8.38. The summed E-state index contributed by atoms with van der Waals surface area (Å²) in [6, 6.07) is 5.83. The summed E-state index contributed by atoms with van der Waals surface area (Å²) >= 11 is 0. The van der Waals surface area contributed by atoms with Crippen LogP contribution < -0.4 is 4.74 Å². The number of rotatable bonds is 3. The van der Waals surface area contributed by atoms with E-state index in [0.717, 1.165) is 47.2 Å². The van der Waals surface area contributed by atoms with Crippen LogP contribution in [0.5, 0.6) is 5.75 Å². The van der Waals surface area contributed by atoms with Crippen LogP contribution in [0, 0.1) is 11.8 Å². The number of aromatic nitrogens is 1. The van der Waals surface area contributed by atoms with Gasteiger partial charge in [0.2, 0.25) is 5.91 Å². The van der Waals surface area contributed by atoms with Crippen molar-refractivity contribution in [3.63, 3.8) is 0 Å². The van der Waals surface area contributed by atoms with Crippen molar-refractivity contribution in [2.24, 2.45) is 11.8 Å². The summed E-state index contributed by atoms with van der Waals surface area (Å²) in [7, 11) is 3.12. The van der Waals surface area contributed by atoms with E-state index in [9.17, 15) is 9.59 Å². The van der Waals surface area contributed by atoms with Crippen LogP contribution in [-0.2, 0) is 26.2 Å². The molecule has 4 heterocycles. The highest BCUT2D eigenvalue weighted by atomic mass is 16.5. The number of H-pyrrole nitrogens is 1. The first-order valence-corrected chi connectivity index (χ1v) is 10.1. The lowest BCUT2D eigenvalue weighted by Crippen LogP contribution is -2.69. The summed E-state index contributed by atoms with van der Waals surface area (Å²) in [5, 5.41) is 1.07. The highest BCUT2D eigenvalue weighted by molar-refractivity contribution is 5.95. The summed E-state index contributed by atoms with van der Waals surface area (Å²) in [6.07, 6.45) is 3.09. The Hall–Kier alpha value is -2.50. The van der Waals surface area contributed by atoms with Crippen molar-refractivity contribution < 1.29 is 19.1 Å². The Morgan fingerprint density at radius 2 is 2.18 bits per heavy atom. The monoisotopic (exact) mass is 382 g/mol. The zero-order valence-electron chi connectivity index (χ0n) is 16.6. The summed E-state index contributed by atoms with van der Waals surface area (Å²) in [6.45, 7) is 2.80. The molecule has 1 N–H and O–H groups in total. The smallest absolute Gasteiger partial charge is 0.319 e. The number of amides is 1. The fourth-order valence-corrected chi connectivity index (χ4v) is 6.17. The zero-order chi connectivity index (χ0) is 19.6. The molecule has 0 unspecified atom stereocenters. The van der Waals surface area contributed by atoms with E-state index in [1.54, 1.807) is 7.11 Å². The highest BCUT2D eigenvalue weighted by Crippen LogP contribution is 2.55. The van der Waals surface area contributed by atoms with Crippen molar-refractivity contribution in [1.29, 1.82) is 0 Å². The van der Waals surface area contributed by atoms with Crippen molar-refractivity contribution >= 4 is 22.8 Å². The van der Waals surface area contributed by atoms with Gasteiger partial charge in [-0.1, -0.05) is 13.3 Å². The number of ether oxygens (including phenoxy) is 2. The van der Waals surface area contributed by atoms with Crippen LogP contribution in [0.3, 0.4) is 0 Å². The molecule has 2 saturated heterocycles. The molecule has 4 atom stereocenters. The molecule has 6 nitrogen and oxygen atoms in total. The molecule has 3 fully saturated rings. The molecule has 1 aromatic carbocycles. The Kier molecular flexibility index (Phi) is 3.77. The van der Waals surface area contributed by atoms with E-state index in [1.807, 2.05) is 23.1 Å². The lowest BCUT2D eigenvalue weighted by atomic mass is 9.56. The summed E-state index contributed by atoms with van der Waals surface area (Å²) in [4.78, 5) is 32.0. The molecule has 1 amide bonds. The normalized spacial score (nSPS) is 30.9. The van der Waals surface area contributed by atoms with Gasteiger partial charge >= 0.3 is 5.97 Å². The van der Waals surface area contributed by atoms with E-state index in [1.165, 1.54) is 7.11 Å². The first-order chi connectivity index (χ1) is 13.5. The third-order valence-electron chi connectivity index (χ3n) is 7.31. The number of esters is 1. The molecule has 1 aromatic heterocycles. The van der Waals surface area contributed by atoms with Gasteiger partial charge in [-0.05, 0) is 48.9 Å². The van der Waals surface area contributed by atoms with Crippen LogP contribution in [0.4, 0.5) is 0 Å². The molecule has 148 valence electrons. The van der Waals surface area contributed by atoms with Crippen molar-refractivity contribution in [1.82, 2.24) is 9.88 Å². The van der Waals surface area contributed by atoms with Gasteiger partial charge in [-0.3, -0.25) is 9.59 Å². The van der Waals surface area contributed by atoms with Crippen LogP contribution >= 0.6 is 0 Å². The molecule has 1 aliphatic carbocycles. The minimum Gasteiger partial charge on any atom is -0.497 e. The van der Waals surface area contributed by atoms with Crippen molar-refractivity contribution in [2.75, 3.05) is 20.8 Å². The highest BCUT2D eigenvalue weighted by Gasteiger charge is 2.65. The van der Waals surface area contributed by atoms with Crippen LogP contribution in [0.2, 0.25) is 0 Å². The van der Waals surface area contributed by atoms with E-state index in [2.05, 4.69) is 11.9 Å². The third-order valence-corrected chi connectivity index (χ3v) is 7.31. The molecule has 0 radical (unpaired) electrons. The van der Waals surface area contributed by atoms with Crippen LogP contribution in [0.15, 0.2) is 18.2 Å². The molecule has 28 heavy (non-hydrogen) atoms. The standard InChI is InChI=1S/C22H26N2O4/c1-4-12-9-13-11-22(21(26)28-3)18-15(7-8-24(19(12)22)20(13)25)16-10-14(27-2)5-6-17(16)23-18/h5-6,10,12-13,19,23H,4,7-9,11H2,1-3H3/t12-,13+,19-,22+/m0/s1. The number of carbonyl (C=O) groups is 2. The number of benzene rings is 1. The van der Waals surface area contributed by atoms with Gasteiger partial charge in [0.05, 0.1) is 20.3 Å². The lowest BCUT2D eigenvalue weighted by Gasteiger charge is -2.57. The molecule has 4 bridgehead atoms. The number of aromatic amines is 1. The van der Waals surface area contributed by atoms with Gasteiger partial charge in [0.25, 0.3) is 0 Å². The second-order valence-electron chi connectivity index (χ2n) is 8.38. The molecule has 2 aromatic rings. The molecule has 4 aliphatic rings. The molecular weight excluding hydrogens is 356 g/mol. The average molecular weight is 382 g/mol. The third kappa shape index (κ3) is 2.03. The van der Waals surface area contributed by atoms with E-state index in [0.29, 0.717) is 18.9 Å². The average Bonchev–Trinajstić information content (AvgIpc) is 3.04. The number of hydrogen-bond donors (Lipinski definition) is 1. The van der Waals surface area contributed by atoms with E-state index >= 15 is 0 Å². The van der Waals surface area contributed by atoms with Crippen molar-refractivity contribution in [2.45, 2.75) is 44.1 Å². The maximum atomic E-state index is 13.4. The molecule has 3 aliphatic heterocycles. The predicted molar refractivity (Wildman–Crippen MR) is 104 cm³/mol. The summed E-state index contributed by atoms with van der Waals surface area (Å²) in [5.41, 5.74) is 2.26. The van der Waals surface area contributed by atoms with Gasteiger partial charge in [-0.2, -0.15) is 0 Å². The van der Waals surface area contributed by atoms with Crippen LogP contribution in [0.25, 0.3) is 10.9 Å². The number of carbonyl (C=O) groups excluding carboxylic acids is 2. The van der Waals surface area contributed by atoms with Crippen LogP contribution in [-0.4, -0.2) is 48.6 Å². The fraction of sp³-hybridized carbons (Fsp3) is 0.545. The lowest BCUT2D eigenvalue weighted by molar-refractivity contribution is -0.172. The minimum absolute atomic E-state index is 0.110. The molecular formula is C22H26N2O4. The number of methoxy groups -OCH3 is 2. The molecule has 1 saturated carbocycles. The summed E-state index contributed by atoms with van der Waals surface area (Å²) in [5.74, 6) is 0.974. The van der Waals surface area contributed by atoms with Crippen molar-refractivity contribution in [3.8, 4) is 5.75 Å². The van der Waals surface area contributed by atoms with Gasteiger partial charge in [0.1, 0.15) is 11.2 Å². The Morgan fingerprint density at radius 3 is 2.89 bits per heavy atom. The SMILES string of the molecule is CC[C@H]1C[C@@H]2C[C@@]3(C(=O)OC)c4[nH]c5ccc(OC)cc5c4CCN(C2=O)[C@@H]13. The van der Waals surface area contributed by atoms with Crippen LogP contribution in [0.1, 0.15) is 37.4 Å². The molecule has 0 spiro atoms. The Labute approximate surface area is 164 Å². The second kappa shape index (κ2) is 6.00. The maximum absolute atomic E-state index is 13.4. The summed E-state index contributed by atoms with van der Waals surface area (Å²) < 4.78 is 10.8. The Balaban J connectivity index is 1.80. The van der Waals surface area contributed by atoms with Gasteiger partial charge in [0, 0.05) is 29.1 Å². The predicted octanol–water partition coefficient (Wildman–Crippen LogP) is 2.79. The van der Waals surface area contributed by atoms with Gasteiger partial charge in [-0.25, -0.2) is 0 Å². The fourth-order valence-electron chi connectivity index (χ4n) is 6.17. The quantitative estimate of drug-likeness (QED) is 0.829. The zero-order valence-corrected chi connectivity index (χ0v) is 16.6. The van der Waals surface area contributed by atoms with Gasteiger partial charge in [-0.15, -0.1) is 0 Å². The number of hydrogen-bond acceptors (Lipinski definition) is 4. The largest absolute Gasteiger partial charge is 0.497 e. The Bertz CT molecular complexity index is 980. The maximum Gasteiger partial charge on any atom is 0.319 e. The van der Waals surface area contributed by atoms with E-state index < -0.39 is 5.41 Å². The topological polar surface area (TPSA) is 71.6 Å². The molecule has 6 rings (SSSR count). The first kappa shape index (κ1) is 17.6. The van der Waals surface area contributed by atoms with Gasteiger partial charge in [0.15, 0.2) is 0 Å². The van der Waals surface area contributed by atoms with Crippen molar-refractivity contribution in [3.05, 3.63) is 29.5 Å². The molecule has 6 heteroatoms. The number of piperidine rings is 2. The van der Waals surface area contributed by atoms with E-state index in [4.69, 9.17) is 9.47 Å². The number of fused-ring (bicyclic) bond motifs is 4. The minimum atomic E-state index is -0.815. The number of nitrogens with zero attached hydrogens (tertiary/aromatic N) is 1. The number of nitrogens with one attached hydrogen (secondary N) is 1. The van der Waals surface area contributed by atoms with E-state index in [-0.39, 0.29) is 23.8 Å². The van der Waals surface area contributed by atoms with Gasteiger partial charge < -0.3 is 19.4 Å². The first-order valence-electron chi connectivity index (χ1n) is 10.1. The Morgan fingerprint density at radius 1 is 1.36 bits per heavy atom.